The average molecular weight is 510 g/mol. The number of rotatable bonds is 7. The van der Waals surface area contributed by atoms with Gasteiger partial charge in [0, 0.05) is 11.6 Å². The van der Waals surface area contributed by atoms with Crippen molar-refractivity contribution in [2.45, 2.75) is 57.5 Å². The van der Waals surface area contributed by atoms with Crippen LogP contribution in [-0.4, -0.2) is 6.11 Å². The first kappa shape index (κ1) is 26.0. The SMILES string of the molecule is CCCc1ccc(C2CCC(C(F)(F)Oc3ccc(-c4ccc(F)c(F)c4)c(F)c3)CC2)c(F)c1F. The van der Waals surface area contributed by atoms with Crippen molar-refractivity contribution in [1.82, 2.24) is 0 Å². The minimum atomic E-state index is -3.62. The third-order valence-electron chi connectivity index (χ3n) is 6.78. The van der Waals surface area contributed by atoms with E-state index in [1.165, 1.54) is 6.07 Å². The van der Waals surface area contributed by atoms with Crippen molar-refractivity contribution in [1.29, 1.82) is 0 Å². The Morgan fingerprint density at radius 1 is 0.778 bits per heavy atom. The lowest BCUT2D eigenvalue weighted by Crippen LogP contribution is -2.37. The van der Waals surface area contributed by atoms with E-state index in [2.05, 4.69) is 0 Å². The zero-order chi connectivity index (χ0) is 26.0. The smallest absolute Gasteiger partial charge is 0.400 e. The van der Waals surface area contributed by atoms with E-state index in [1.54, 1.807) is 12.1 Å². The van der Waals surface area contributed by atoms with Gasteiger partial charge in [-0.2, -0.15) is 8.78 Å². The summed E-state index contributed by atoms with van der Waals surface area (Å²) in [5, 5.41) is 0. The van der Waals surface area contributed by atoms with Gasteiger partial charge in [0.15, 0.2) is 23.3 Å². The van der Waals surface area contributed by atoms with Crippen LogP contribution in [0, 0.1) is 35.0 Å². The van der Waals surface area contributed by atoms with Crippen LogP contribution in [0.3, 0.4) is 0 Å². The number of benzene rings is 3. The summed E-state index contributed by atoms with van der Waals surface area (Å²) in [5.41, 5.74) is 0.457. The Balaban J connectivity index is 1.42. The zero-order valence-electron chi connectivity index (χ0n) is 19.6. The van der Waals surface area contributed by atoms with Crippen LogP contribution in [0.15, 0.2) is 48.5 Å². The Bertz CT molecular complexity index is 1230. The Morgan fingerprint density at radius 3 is 2.14 bits per heavy atom. The third kappa shape index (κ3) is 5.37. The van der Waals surface area contributed by atoms with Crippen LogP contribution in [0.4, 0.5) is 30.7 Å². The quantitative estimate of drug-likeness (QED) is 0.288. The molecule has 1 aliphatic carbocycles. The molecule has 4 rings (SSSR count). The molecule has 1 aliphatic rings. The Hall–Kier alpha value is -3.03. The highest BCUT2D eigenvalue weighted by atomic mass is 19.3. The summed E-state index contributed by atoms with van der Waals surface area (Å²) in [7, 11) is 0. The van der Waals surface area contributed by atoms with E-state index in [1.807, 2.05) is 6.92 Å². The molecule has 0 spiro atoms. The number of ether oxygens (including phenoxy) is 1. The first-order chi connectivity index (χ1) is 17.1. The van der Waals surface area contributed by atoms with Crippen molar-refractivity contribution < 1.29 is 35.5 Å². The highest BCUT2D eigenvalue weighted by molar-refractivity contribution is 5.65. The van der Waals surface area contributed by atoms with E-state index < -0.39 is 46.9 Å². The monoisotopic (exact) mass is 510 g/mol. The highest BCUT2D eigenvalue weighted by Gasteiger charge is 2.44. The van der Waals surface area contributed by atoms with E-state index >= 15 is 0 Å². The van der Waals surface area contributed by atoms with Gasteiger partial charge in [0.2, 0.25) is 0 Å². The molecule has 0 atom stereocenters. The van der Waals surface area contributed by atoms with Crippen molar-refractivity contribution >= 4 is 0 Å². The molecular formula is C28H25F7O. The zero-order valence-corrected chi connectivity index (χ0v) is 19.6. The summed E-state index contributed by atoms with van der Waals surface area (Å²) in [6.45, 7) is 1.87. The Labute approximate surface area is 204 Å². The van der Waals surface area contributed by atoms with Crippen molar-refractivity contribution in [2.24, 2.45) is 5.92 Å². The number of halogens is 7. The fourth-order valence-electron chi connectivity index (χ4n) is 4.82. The number of alkyl halides is 2. The molecule has 0 unspecified atom stereocenters. The molecular weight excluding hydrogens is 485 g/mol. The van der Waals surface area contributed by atoms with E-state index in [9.17, 15) is 30.7 Å². The lowest BCUT2D eigenvalue weighted by molar-refractivity contribution is -0.222. The van der Waals surface area contributed by atoms with E-state index in [-0.39, 0.29) is 48.3 Å². The van der Waals surface area contributed by atoms with Gasteiger partial charge < -0.3 is 4.74 Å². The second-order valence-corrected chi connectivity index (χ2v) is 9.17. The van der Waals surface area contributed by atoms with Gasteiger partial charge >= 0.3 is 6.11 Å². The summed E-state index contributed by atoms with van der Waals surface area (Å²) in [4.78, 5) is 0. The molecule has 0 saturated heterocycles. The molecule has 1 fully saturated rings. The fourth-order valence-corrected chi connectivity index (χ4v) is 4.82. The second-order valence-electron chi connectivity index (χ2n) is 9.17. The molecule has 0 radical (unpaired) electrons. The number of hydrogen-bond acceptors (Lipinski definition) is 1. The molecule has 3 aromatic rings. The molecule has 3 aromatic carbocycles. The predicted molar refractivity (Wildman–Crippen MR) is 122 cm³/mol. The lowest BCUT2D eigenvalue weighted by Gasteiger charge is -2.33. The van der Waals surface area contributed by atoms with Crippen molar-refractivity contribution in [3.63, 3.8) is 0 Å². The largest absolute Gasteiger partial charge is 0.432 e. The predicted octanol–water partition coefficient (Wildman–Crippen LogP) is 8.95. The van der Waals surface area contributed by atoms with Crippen LogP contribution in [-0.2, 0) is 6.42 Å². The highest BCUT2D eigenvalue weighted by Crippen LogP contribution is 2.44. The van der Waals surface area contributed by atoms with Gasteiger partial charge in [-0.25, -0.2) is 22.0 Å². The van der Waals surface area contributed by atoms with Gasteiger partial charge in [-0.15, -0.1) is 0 Å². The molecule has 0 bridgehead atoms. The van der Waals surface area contributed by atoms with Crippen molar-refractivity contribution in [3.05, 3.63) is 88.7 Å². The Kier molecular flexibility index (Phi) is 7.62. The topological polar surface area (TPSA) is 9.23 Å². The summed E-state index contributed by atoms with van der Waals surface area (Å²) in [6, 6.07) is 8.99. The van der Waals surface area contributed by atoms with Crippen LogP contribution in [0.5, 0.6) is 5.75 Å². The van der Waals surface area contributed by atoms with Crippen LogP contribution in [0.1, 0.15) is 56.1 Å². The molecule has 1 saturated carbocycles. The maximum atomic E-state index is 14.9. The molecule has 0 heterocycles. The normalized spacial score (nSPS) is 18.3. The molecule has 0 aromatic heterocycles. The standard InChI is InChI=1S/C28H25F7O/c1-2-3-17-6-11-22(27(33)26(17)32)16-4-8-19(9-5-16)28(34,35)36-20-10-12-21(24(30)15-20)18-7-13-23(29)25(31)14-18/h6-7,10-16,19H,2-5,8-9H2,1H3. The molecule has 192 valence electrons. The summed E-state index contributed by atoms with van der Waals surface area (Å²) < 4.78 is 105. The van der Waals surface area contributed by atoms with Crippen LogP contribution < -0.4 is 4.74 Å². The summed E-state index contributed by atoms with van der Waals surface area (Å²) in [6.07, 6.45) is -2.02. The van der Waals surface area contributed by atoms with E-state index in [4.69, 9.17) is 4.74 Å². The number of hydrogen-bond donors (Lipinski definition) is 0. The first-order valence-corrected chi connectivity index (χ1v) is 11.9. The minimum absolute atomic E-state index is 0.0187. The molecule has 36 heavy (non-hydrogen) atoms. The van der Waals surface area contributed by atoms with Crippen molar-refractivity contribution in [3.8, 4) is 16.9 Å². The van der Waals surface area contributed by atoms with Crippen molar-refractivity contribution in [2.75, 3.05) is 0 Å². The van der Waals surface area contributed by atoms with Gasteiger partial charge in [0.25, 0.3) is 0 Å². The van der Waals surface area contributed by atoms with E-state index in [0.29, 0.717) is 18.4 Å². The Morgan fingerprint density at radius 2 is 1.50 bits per heavy atom. The molecule has 0 N–H and O–H groups in total. The minimum Gasteiger partial charge on any atom is -0.432 e. The summed E-state index contributed by atoms with van der Waals surface area (Å²) in [5.74, 6) is -6.94. The van der Waals surface area contributed by atoms with Crippen LogP contribution >= 0.6 is 0 Å². The van der Waals surface area contributed by atoms with Gasteiger partial charge in [-0.1, -0.05) is 31.5 Å². The second kappa shape index (κ2) is 10.5. The maximum absolute atomic E-state index is 14.9. The lowest BCUT2D eigenvalue weighted by atomic mass is 9.77. The molecule has 8 heteroatoms. The number of aryl methyl sites for hydroxylation is 1. The molecule has 0 amide bonds. The fraction of sp³-hybridized carbons (Fsp3) is 0.357. The van der Waals surface area contributed by atoms with Gasteiger partial charge in [0.05, 0.1) is 5.92 Å². The third-order valence-corrected chi connectivity index (χ3v) is 6.78. The first-order valence-electron chi connectivity index (χ1n) is 11.9. The van der Waals surface area contributed by atoms with Gasteiger partial charge in [0.1, 0.15) is 11.6 Å². The van der Waals surface area contributed by atoms with Crippen LogP contribution in [0.25, 0.3) is 11.1 Å². The average Bonchev–Trinajstić information content (AvgIpc) is 2.84. The molecule has 1 nitrogen and oxygen atoms in total. The van der Waals surface area contributed by atoms with Crippen LogP contribution in [0.2, 0.25) is 0 Å². The molecule has 0 aliphatic heterocycles. The van der Waals surface area contributed by atoms with Gasteiger partial charge in [-0.05, 0) is 79.0 Å². The van der Waals surface area contributed by atoms with E-state index in [0.717, 1.165) is 30.3 Å². The van der Waals surface area contributed by atoms with Gasteiger partial charge in [-0.3, -0.25) is 0 Å². The summed E-state index contributed by atoms with van der Waals surface area (Å²) >= 11 is 0. The maximum Gasteiger partial charge on any atom is 0.400 e.